The molecule has 2 rings (SSSR count). The molecule has 0 unspecified atom stereocenters. The van der Waals surface area contributed by atoms with E-state index in [0.29, 0.717) is 5.92 Å². The Kier molecular flexibility index (Phi) is 1.57. The first-order valence-corrected chi connectivity index (χ1v) is 4.84. The number of hydrogen-bond donors (Lipinski definition) is 1. The number of nitrogens with two attached hydrogens (primary N) is 1. The summed E-state index contributed by atoms with van der Waals surface area (Å²) in [6, 6.07) is 0.243. The number of esters is 1. The molecule has 0 aliphatic heterocycles. The third kappa shape index (κ3) is 1.26. The van der Waals surface area contributed by atoms with Crippen LogP contribution in [0.15, 0.2) is 0 Å². The molecule has 2 fully saturated rings. The van der Waals surface area contributed by atoms with E-state index in [0.717, 1.165) is 12.8 Å². The maximum absolute atomic E-state index is 11.7. The summed E-state index contributed by atoms with van der Waals surface area (Å²) in [5.74, 6) is 0.383. The fraction of sp³-hybridized carbons (Fsp3) is 0.900. The average Bonchev–Trinajstić information content (AvgIpc) is 2.53. The van der Waals surface area contributed by atoms with Crippen LogP contribution >= 0.6 is 0 Å². The van der Waals surface area contributed by atoms with Gasteiger partial charge in [0.2, 0.25) is 0 Å². The molecule has 2 N–H and O–H groups in total. The first-order chi connectivity index (χ1) is 5.85. The van der Waals surface area contributed by atoms with Crippen LogP contribution in [0.4, 0.5) is 0 Å². The van der Waals surface area contributed by atoms with Gasteiger partial charge >= 0.3 is 5.97 Å². The van der Waals surface area contributed by atoms with E-state index in [1.807, 2.05) is 20.8 Å². The minimum Gasteiger partial charge on any atom is -0.460 e. The molecule has 2 aliphatic rings. The standard InChI is InChI=1S/C10H17NO2/c1-9(2,3)13-8(12)10-4-6(10)7(11)5-10/h6-7H,4-5,11H2,1-3H3/t6-,7-,10-/m0/s1. The molecule has 0 saturated heterocycles. The molecule has 0 amide bonds. The Hall–Kier alpha value is -0.570. The molecule has 3 nitrogen and oxygen atoms in total. The number of fused-ring (bicyclic) bond motifs is 1. The van der Waals surface area contributed by atoms with Crippen molar-refractivity contribution in [2.75, 3.05) is 0 Å². The lowest BCUT2D eigenvalue weighted by molar-refractivity contribution is -0.165. The normalized spacial score (nSPS) is 41.8. The van der Waals surface area contributed by atoms with Gasteiger partial charge in [-0.05, 0) is 39.5 Å². The molecule has 74 valence electrons. The highest BCUT2D eigenvalue weighted by molar-refractivity contribution is 5.83. The van der Waals surface area contributed by atoms with Gasteiger partial charge in [0, 0.05) is 6.04 Å². The fourth-order valence-corrected chi connectivity index (χ4v) is 2.23. The van der Waals surface area contributed by atoms with Crippen LogP contribution in [0.3, 0.4) is 0 Å². The summed E-state index contributed by atoms with van der Waals surface area (Å²) >= 11 is 0. The maximum Gasteiger partial charge on any atom is 0.313 e. The smallest absolute Gasteiger partial charge is 0.313 e. The van der Waals surface area contributed by atoms with Gasteiger partial charge in [0.1, 0.15) is 5.60 Å². The summed E-state index contributed by atoms with van der Waals surface area (Å²) in [5, 5.41) is 0. The van der Waals surface area contributed by atoms with Crippen molar-refractivity contribution in [3.05, 3.63) is 0 Å². The van der Waals surface area contributed by atoms with Gasteiger partial charge in [-0.2, -0.15) is 0 Å². The SMILES string of the molecule is CC(C)(C)OC(=O)[C@@]12C[C@H](N)[C@@H]1C2. The van der Waals surface area contributed by atoms with Gasteiger partial charge in [0.05, 0.1) is 5.41 Å². The van der Waals surface area contributed by atoms with E-state index in [-0.39, 0.29) is 23.0 Å². The van der Waals surface area contributed by atoms with E-state index in [4.69, 9.17) is 10.5 Å². The minimum atomic E-state index is -0.362. The molecule has 3 heteroatoms. The largest absolute Gasteiger partial charge is 0.460 e. The number of carbonyl (C=O) groups is 1. The third-order valence-corrected chi connectivity index (χ3v) is 3.06. The number of rotatable bonds is 1. The summed E-state index contributed by atoms with van der Waals surface area (Å²) in [6.45, 7) is 5.70. The molecule has 0 bridgehead atoms. The van der Waals surface area contributed by atoms with E-state index < -0.39 is 0 Å². The Balaban J connectivity index is 1.94. The van der Waals surface area contributed by atoms with Crippen LogP contribution in [0, 0.1) is 11.3 Å². The van der Waals surface area contributed by atoms with Gasteiger partial charge in [-0.15, -0.1) is 0 Å². The summed E-state index contributed by atoms with van der Waals surface area (Å²) in [5.41, 5.74) is 5.22. The summed E-state index contributed by atoms with van der Waals surface area (Å²) in [4.78, 5) is 11.7. The lowest BCUT2D eigenvalue weighted by atomic mass is 9.80. The number of hydrogen-bond acceptors (Lipinski definition) is 3. The second kappa shape index (κ2) is 2.27. The summed E-state index contributed by atoms with van der Waals surface area (Å²) in [7, 11) is 0. The van der Waals surface area contributed by atoms with Crippen LogP contribution in [0.25, 0.3) is 0 Å². The summed E-state index contributed by atoms with van der Waals surface area (Å²) in [6.07, 6.45) is 1.77. The van der Waals surface area contributed by atoms with Crippen LogP contribution in [-0.4, -0.2) is 17.6 Å². The van der Waals surface area contributed by atoms with Crippen molar-refractivity contribution in [2.45, 2.75) is 45.3 Å². The monoisotopic (exact) mass is 183 g/mol. The van der Waals surface area contributed by atoms with Gasteiger partial charge in [-0.1, -0.05) is 0 Å². The zero-order chi connectivity index (χ0) is 9.85. The van der Waals surface area contributed by atoms with Crippen LogP contribution in [0.5, 0.6) is 0 Å². The van der Waals surface area contributed by atoms with E-state index in [1.165, 1.54) is 0 Å². The topological polar surface area (TPSA) is 52.3 Å². The van der Waals surface area contributed by atoms with Crippen molar-refractivity contribution in [3.63, 3.8) is 0 Å². The van der Waals surface area contributed by atoms with Crippen LogP contribution in [0.1, 0.15) is 33.6 Å². The predicted molar refractivity (Wildman–Crippen MR) is 49.0 cm³/mol. The molecule has 2 aliphatic carbocycles. The second-order valence-corrected chi connectivity index (χ2v) is 5.34. The van der Waals surface area contributed by atoms with Gasteiger partial charge in [0.25, 0.3) is 0 Å². The van der Waals surface area contributed by atoms with Crippen molar-refractivity contribution < 1.29 is 9.53 Å². The Morgan fingerprint density at radius 3 is 2.38 bits per heavy atom. The molecule has 2 saturated carbocycles. The second-order valence-electron chi connectivity index (χ2n) is 5.34. The van der Waals surface area contributed by atoms with Crippen molar-refractivity contribution in [2.24, 2.45) is 17.1 Å². The van der Waals surface area contributed by atoms with Gasteiger partial charge < -0.3 is 10.5 Å². The maximum atomic E-state index is 11.7. The van der Waals surface area contributed by atoms with Crippen molar-refractivity contribution in [1.82, 2.24) is 0 Å². The lowest BCUT2D eigenvalue weighted by Crippen LogP contribution is -2.44. The summed E-state index contributed by atoms with van der Waals surface area (Å²) < 4.78 is 5.34. The number of carbonyl (C=O) groups excluding carboxylic acids is 1. The highest BCUT2D eigenvalue weighted by atomic mass is 16.6. The Bertz CT molecular complexity index is 256. The van der Waals surface area contributed by atoms with Gasteiger partial charge in [0.15, 0.2) is 0 Å². The van der Waals surface area contributed by atoms with Crippen LogP contribution in [0.2, 0.25) is 0 Å². The molecular weight excluding hydrogens is 166 g/mol. The molecule has 0 aromatic rings. The molecule has 3 atom stereocenters. The van der Waals surface area contributed by atoms with E-state index in [2.05, 4.69) is 0 Å². The Morgan fingerprint density at radius 2 is 2.08 bits per heavy atom. The van der Waals surface area contributed by atoms with Crippen molar-refractivity contribution in [1.29, 1.82) is 0 Å². The van der Waals surface area contributed by atoms with Crippen LogP contribution < -0.4 is 5.73 Å². The Labute approximate surface area is 78.6 Å². The first-order valence-electron chi connectivity index (χ1n) is 4.84. The Morgan fingerprint density at radius 1 is 1.46 bits per heavy atom. The van der Waals surface area contributed by atoms with Crippen LogP contribution in [-0.2, 0) is 9.53 Å². The van der Waals surface area contributed by atoms with E-state index >= 15 is 0 Å². The zero-order valence-electron chi connectivity index (χ0n) is 8.46. The minimum absolute atomic E-state index is 0.0355. The lowest BCUT2D eigenvalue weighted by Gasteiger charge is -2.32. The third-order valence-electron chi connectivity index (χ3n) is 3.06. The molecular formula is C10H17NO2. The average molecular weight is 183 g/mol. The molecule has 0 aromatic carbocycles. The van der Waals surface area contributed by atoms with Gasteiger partial charge in [-0.3, -0.25) is 4.79 Å². The van der Waals surface area contributed by atoms with Crippen molar-refractivity contribution in [3.8, 4) is 0 Å². The molecule has 0 heterocycles. The highest BCUT2D eigenvalue weighted by Crippen LogP contribution is 2.67. The number of ether oxygens (including phenoxy) is 1. The fourth-order valence-electron chi connectivity index (χ4n) is 2.23. The predicted octanol–water partition coefficient (Wildman–Crippen LogP) is 1.07. The van der Waals surface area contributed by atoms with Crippen molar-refractivity contribution >= 4 is 5.97 Å². The molecule has 0 aromatic heterocycles. The molecule has 13 heavy (non-hydrogen) atoms. The quantitative estimate of drug-likeness (QED) is 0.618. The van der Waals surface area contributed by atoms with E-state index in [1.54, 1.807) is 0 Å². The molecule has 0 radical (unpaired) electrons. The first kappa shape index (κ1) is 9.00. The zero-order valence-corrected chi connectivity index (χ0v) is 8.46. The van der Waals surface area contributed by atoms with E-state index in [9.17, 15) is 4.79 Å². The highest BCUT2D eigenvalue weighted by Gasteiger charge is 2.71. The molecule has 0 spiro atoms. The van der Waals surface area contributed by atoms with Gasteiger partial charge in [-0.25, -0.2) is 0 Å².